The highest BCUT2D eigenvalue weighted by atomic mass is 32.1. The van der Waals surface area contributed by atoms with E-state index in [1.165, 1.54) is 0 Å². The Kier molecular flexibility index (Phi) is 12.6. The molecule has 0 radical (unpaired) electrons. The zero-order chi connectivity index (χ0) is 28.2. The van der Waals surface area contributed by atoms with Gasteiger partial charge in [-0.3, -0.25) is 14.4 Å². The van der Waals surface area contributed by atoms with Gasteiger partial charge in [0.15, 0.2) is 0 Å². The summed E-state index contributed by atoms with van der Waals surface area (Å²) < 4.78 is 0. The molecular formula is C26H40N6O5S. The summed E-state index contributed by atoms with van der Waals surface area (Å²) in [6.45, 7) is 4.06. The minimum Gasteiger partial charge on any atom is -0.480 e. The number of amides is 3. The average Bonchev–Trinajstić information content (AvgIpc) is 3.31. The molecule has 0 aliphatic rings. The van der Waals surface area contributed by atoms with Crippen molar-refractivity contribution in [1.82, 2.24) is 20.9 Å². The lowest BCUT2D eigenvalue weighted by Crippen LogP contribution is -2.59. The molecule has 0 aliphatic heterocycles. The van der Waals surface area contributed by atoms with Crippen molar-refractivity contribution < 1.29 is 24.3 Å². The number of carboxylic acids is 1. The van der Waals surface area contributed by atoms with Gasteiger partial charge in [0.1, 0.15) is 18.1 Å². The van der Waals surface area contributed by atoms with Crippen LogP contribution in [0.3, 0.4) is 0 Å². The highest BCUT2D eigenvalue weighted by Crippen LogP contribution is 2.19. The van der Waals surface area contributed by atoms with Gasteiger partial charge in [0.05, 0.1) is 6.04 Å². The molecule has 210 valence electrons. The lowest BCUT2D eigenvalue weighted by atomic mass is 9.97. The molecule has 3 amide bonds. The van der Waals surface area contributed by atoms with E-state index in [0.29, 0.717) is 25.8 Å². The maximum absolute atomic E-state index is 13.1. The minimum absolute atomic E-state index is 0.0247. The van der Waals surface area contributed by atoms with Crippen LogP contribution in [0.1, 0.15) is 45.1 Å². The number of nitrogens with one attached hydrogen (secondary N) is 4. The molecule has 1 heterocycles. The zero-order valence-corrected chi connectivity index (χ0v) is 22.8. The summed E-state index contributed by atoms with van der Waals surface area (Å²) >= 11 is 4.20. The van der Waals surface area contributed by atoms with Crippen LogP contribution in [0, 0.1) is 5.92 Å². The van der Waals surface area contributed by atoms with Crippen molar-refractivity contribution in [2.45, 2.75) is 70.1 Å². The summed E-state index contributed by atoms with van der Waals surface area (Å²) in [6.07, 6.45) is 4.02. The summed E-state index contributed by atoms with van der Waals surface area (Å²) in [4.78, 5) is 53.7. The van der Waals surface area contributed by atoms with Gasteiger partial charge in [-0.2, -0.15) is 12.6 Å². The first kappa shape index (κ1) is 31.1. The molecule has 9 N–H and O–H groups in total. The first-order valence-corrected chi connectivity index (χ1v) is 13.5. The largest absolute Gasteiger partial charge is 0.480 e. The number of H-pyrrole nitrogens is 1. The minimum atomic E-state index is -1.16. The van der Waals surface area contributed by atoms with Crippen molar-refractivity contribution in [3.63, 3.8) is 0 Å². The van der Waals surface area contributed by atoms with Gasteiger partial charge in [-0.05, 0) is 49.8 Å². The Morgan fingerprint density at radius 1 is 1.03 bits per heavy atom. The number of aliphatic carboxylic acids is 1. The maximum Gasteiger partial charge on any atom is 0.326 e. The fourth-order valence-electron chi connectivity index (χ4n) is 4.07. The number of thiol groups is 1. The van der Waals surface area contributed by atoms with Crippen molar-refractivity contribution in [2.24, 2.45) is 17.4 Å². The average molecular weight is 549 g/mol. The topological polar surface area (TPSA) is 192 Å². The Morgan fingerprint density at radius 2 is 1.71 bits per heavy atom. The van der Waals surface area contributed by atoms with E-state index >= 15 is 0 Å². The van der Waals surface area contributed by atoms with Gasteiger partial charge in [-0.1, -0.05) is 38.5 Å². The Balaban J connectivity index is 2.04. The molecule has 0 bridgehead atoms. The number of unbranched alkanes of at least 4 members (excludes halogenated alkanes) is 1. The number of para-hydroxylation sites is 1. The second-order valence-electron chi connectivity index (χ2n) is 9.47. The molecule has 0 spiro atoms. The number of fused-ring (bicyclic) bond motifs is 1. The fraction of sp³-hybridized carbons (Fsp3) is 0.538. The number of benzene rings is 1. The van der Waals surface area contributed by atoms with Crippen LogP contribution in [0.15, 0.2) is 30.5 Å². The van der Waals surface area contributed by atoms with E-state index in [4.69, 9.17) is 11.5 Å². The fourth-order valence-corrected chi connectivity index (χ4v) is 4.33. The van der Waals surface area contributed by atoms with E-state index in [-0.39, 0.29) is 24.5 Å². The summed E-state index contributed by atoms with van der Waals surface area (Å²) in [7, 11) is 0. The number of aromatic amines is 1. The third-order valence-electron chi connectivity index (χ3n) is 6.62. The van der Waals surface area contributed by atoms with Crippen molar-refractivity contribution >= 4 is 47.2 Å². The number of carbonyl (C=O) groups excluding carboxylic acids is 3. The molecule has 5 atom stereocenters. The number of carbonyl (C=O) groups is 4. The number of nitrogens with two attached hydrogens (primary N) is 2. The molecule has 12 heteroatoms. The second kappa shape index (κ2) is 15.4. The van der Waals surface area contributed by atoms with E-state index < -0.39 is 47.9 Å². The Bertz CT molecular complexity index is 1090. The van der Waals surface area contributed by atoms with Crippen LogP contribution >= 0.6 is 12.6 Å². The molecule has 0 saturated carbocycles. The molecule has 0 aliphatic carbocycles. The molecule has 2 rings (SSSR count). The molecule has 1 aromatic heterocycles. The number of aromatic nitrogens is 1. The third-order valence-corrected chi connectivity index (χ3v) is 6.99. The number of hydrogen-bond acceptors (Lipinski definition) is 7. The van der Waals surface area contributed by atoms with Crippen LogP contribution in [0.25, 0.3) is 10.9 Å². The standard InChI is InChI=1S/C26H40N6O5S/c1-3-15(2)22(25(35)30-20(26(36)37)10-6-7-11-27)32-24(34)21(14-38)31-23(33)18(28)12-16-13-29-19-9-5-4-8-17(16)19/h4-5,8-9,13,15,18,20-22,29,38H,3,6-7,10-12,14,27-28H2,1-2H3,(H,30,35)(H,31,33)(H,32,34)(H,36,37). The van der Waals surface area contributed by atoms with Crippen LogP contribution in [0.5, 0.6) is 0 Å². The van der Waals surface area contributed by atoms with Crippen LogP contribution < -0.4 is 27.4 Å². The first-order chi connectivity index (χ1) is 18.1. The van der Waals surface area contributed by atoms with Crippen molar-refractivity contribution in [3.8, 4) is 0 Å². The zero-order valence-electron chi connectivity index (χ0n) is 21.9. The third kappa shape index (κ3) is 8.74. The predicted octanol–water partition coefficient (Wildman–Crippen LogP) is 0.682. The molecular weight excluding hydrogens is 508 g/mol. The lowest BCUT2D eigenvalue weighted by Gasteiger charge is -2.27. The van der Waals surface area contributed by atoms with E-state index in [9.17, 15) is 24.3 Å². The lowest BCUT2D eigenvalue weighted by molar-refractivity contribution is -0.142. The van der Waals surface area contributed by atoms with Crippen molar-refractivity contribution in [2.75, 3.05) is 12.3 Å². The normalized spacial score (nSPS) is 15.2. The van der Waals surface area contributed by atoms with Crippen LogP contribution in [0.2, 0.25) is 0 Å². The molecule has 2 aromatic rings. The molecule has 0 saturated heterocycles. The van der Waals surface area contributed by atoms with Gasteiger partial charge < -0.3 is 37.5 Å². The molecule has 0 fully saturated rings. The highest BCUT2D eigenvalue weighted by Gasteiger charge is 2.32. The summed E-state index contributed by atoms with van der Waals surface area (Å²) in [5.41, 5.74) is 13.4. The smallest absolute Gasteiger partial charge is 0.326 e. The van der Waals surface area contributed by atoms with Gasteiger partial charge in [0.25, 0.3) is 0 Å². The van der Waals surface area contributed by atoms with E-state index in [1.807, 2.05) is 31.2 Å². The summed E-state index contributed by atoms with van der Waals surface area (Å²) in [6, 6.07) is 3.61. The van der Waals surface area contributed by atoms with Crippen molar-refractivity contribution in [1.29, 1.82) is 0 Å². The van der Waals surface area contributed by atoms with Crippen LogP contribution in [-0.4, -0.2) is 70.2 Å². The first-order valence-electron chi connectivity index (χ1n) is 12.9. The number of hydrogen-bond donors (Lipinski definition) is 8. The quantitative estimate of drug-likeness (QED) is 0.112. The van der Waals surface area contributed by atoms with Gasteiger partial charge in [0, 0.05) is 22.9 Å². The number of carboxylic acid groups (broad SMARTS) is 1. The monoisotopic (exact) mass is 548 g/mol. The van der Waals surface area contributed by atoms with Gasteiger partial charge in [-0.15, -0.1) is 0 Å². The molecule has 5 unspecified atom stereocenters. The number of rotatable bonds is 16. The molecule has 38 heavy (non-hydrogen) atoms. The van der Waals surface area contributed by atoms with Gasteiger partial charge >= 0.3 is 5.97 Å². The Labute approximate surface area is 228 Å². The van der Waals surface area contributed by atoms with E-state index in [1.54, 1.807) is 13.1 Å². The van der Waals surface area contributed by atoms with Crippen LogP contribution in [0.4, 0.5) is 0 Å². The maximum atomic E-state index is 13.1. The molecule has 1 aromatic carbocycles. The predicted molar refractivity (Wildman–Crippen MR) is 150 cm³/mol. The molecule has 11 nitrogen and oxygen atoms in total. The highest BCUT2D eigenvalue weighted by molar-refractivity contribution is 7.80. The SMILES string of the molecule is CCC(C)C(NC(=O)C(CS)NC(=O)C(N)Cc1c[nH]c2ccccc12)C(=O)NC(CCCCN)C(=O)O. The van der Waals surface area contributed by atoms with E-state index in [2.05, 4.69) is 33.6 Å². The Hall–Kier alpha value is -3.09. The van der Waals surface area contributed by atoms with Crippen LogP contribution in [-0.2, 0) is 25.6 Å². The van der Waals surface area contributed by atoms with Gasteiger partial charge in [0.2, 0.25) is 17.7 Å². The second-order valence-corrected chi connectivity index (χ2v) is 9.83. The Morgan fingerprint density at radius 3 is 2.34 bits per heavy atom. The summed E-state index contributed by atoms with van der Waals surface area (Å²) in [5.74, 6) is -3.22. The van der Waals surface area contributed by atoms with E-state index in [0.717, 1.165) is 16.5 Å². The van der Waals surface area contributed by atoms with Gasteiger partial charge in [-0.25, -0.2) is 4.79 Å². The van der Waals surface area contributed by atoms with Crippen molar-refractivity contribution in [3.05, 3.63) is 36.0 Å². The summed E-state index contributed by atoms with van der Waals surface area (Å²) in [5, 5.41) is 18.3.